The number of carbonyl (C=O) groups excluding carboxylic acids is 1. The maximum absolute atomic E-state index is 15.3. The van der Waals surface area contributed by atoms with Crippen molar-refractivity contribution in [2.45, 2.75) is 69.5 Å². The Morgan fingerprint density at radius 1 is 1.04 bits per heavy atom. The van der Waals surface area contributed by atoms with Gasteiger partial charge in [0.05, 0.1) is 38.7 Å². The van der Waals surface area contributed by atoms with Gasteiger partial charge in [-0.15, -0.1) is 0 Å². The fourth-order valence-corrected chi connectivity index (χ4v) is 7.49. The Kier molecular flexibility index (Phi) is 8.22. The second kappa shape index (κ2) is 12.6. The zero-order chi connectivity index (χ0) is 34.0. The van der Waals surface area contributed by atoms with Gasteiger partial charge in [-0.1, -0.05) is 17.7 Å². The number of aromatic nitrogens is 5. The molecule has 11 nitrogen and oxygen atoms in total. The standard InChI is InChI=1S/C35H38ClF2N9O2/c1-19-15-45(27(48)6-3-11-44-16-22(37)17-44)12-13-46(19)33-23-14-24(36)31(28-25(38)4-2-5-26(28)39)42-34(23)47(35(49)43-33)32-29(20-7-8-20)40-18-41-30(32)21-9-10-21/h2,4-5,14,18-22H,3,6-13,15-17,39H2,1H3/t19-/m0/s1. The molecule has 49 heavy (non-hydrogen) atoms. The van der Waals surface area contributed by atoms with Gasteiger partial charge in [0.2, 0.25) is 5.91 Å². The first kappa shape index (κ1) is 32.0. The Balaban J connectivity index is 1.21. The summed E-state index contributed by atoms with van der Waals surface area (Å²) in [5.74, 6) is 0.266. The summed E-state index contributed by atoms with van der Waals surface area (Å²) in [6.45, 7) is 4.90. The third-order valence-corrected chi connectivity index (χ3v) is 10.4. The van der Waals surface area contributed by atoms with Gasteiger partial charge in [-0.25, -0.2) is 33.1 Å². The highest BCUT2D eigenvalue weighted by Gasteiger charge is 2.37. The Morgan fingerprint density at radius 3 is 2.39 bits per heavy atom. The van der Waals surface area contributed by atoms with Gasteiger partial charge >= 0.3 is 5.69 Å². The molecule has 5 heterocycles. The number of hydrogen-bond donors (Lipinski definition) is 1. The molecule has 1 amide bonds. The van der Waals surface area contributed by atoms with E-state index < -0.39 is 17.7 Å². The number of nitrogens with zero attached hydrogens (tertiary/aromatic N) is 8. The molecule has 0 radical (unpaired) electrons. The van der Waals surface area contributed by atoms with Gasteiger partial charge < -0.3 is 15.5 Å². The number of halogens is 3. The van der Waals surface area contributed by atoms with Crippen molar-refractivity contribution in [1.29, 1.82) is 0 Å². The van der Waals surface area contributed by atoms with Gasteiger partial charge in [0.1, 0.15) is 24.1 Å². The van der Waals surface area contributed by atoms with Crippen molar-refractivity contribution in [2.24, 2.45) is 0 Å². The lowest BCUT2D eigenvalue weighted by Gasteiger charge is -2.41. The van der Waals surface area contributed by atoms with E-state index in [0.717, 1.165) is 37.1 Å². The zero-order valence-electron chi connectivity index (χ0n) is 27.3. The van der Waals surface area contributed by atoms with Crippen LogP contribution in [0.5, 0.6) is 0 Å². The summed E-state index contributed by atoms with van der Waals surface area (Å²) < 4.78 is 30.0. The van der Waals surface area contributed by atoms with Crippen LogP contribution in [0.2, 0.25) is 5.02 Å². The average Bonchev–Trinajstić information content (AvgIpc) is 3.98. The molecule has 2 saturated carbocycles. The minimum absolute atomic E-state index is 0.0539. The summed E-state index contributed by atoms with van der Waals surface area (Å²) in [5.41, 5.74) is 8.51. The Hall–Kier alpha value is -4.23. The van der Waals surface area contributed by atoms with Gasteiger partial charge in [0.15, 0.2) is 5.65 Å². The SMILES string of the molecule is C[C@H]1CN(C(=O)CCCN2CC(F)C2)CCN1c1nc(=O)n(-c2c(C3CC3)ncnc2C2CC2)c2nc(-c3c(N)cccc3F)c(Cl)cc12. The summed E-state index contributed by atoms with van der Waals surface area (Å²) in [6.07, 6.45) is 5.72. The fraction of sp³-hybridized carbons (Fsp3) is 0.486. The van der Waals surface area contributed by atoms with Crippen molar-refractivity contribution in [3.8, 4) is 16.9 Å². The van der Waals surface area contributed by atoms with Gasteiger partial charge in [0, 0.05) is 62.7 Å². The molecular formula is C35H38ClF2N9O2. The van der Waals surface area contributed by atoms with Crippen molar-refractivity contribution >= 4 is 40.0 Å². The molecule has 2 N–H and O–H groups in total. The number of benzene rings is 1. The lowest BCUT2D eigenvalue weighted by Crippen LogP contribution is -2.54. The van der Waals surface area contributed by atoms with E-state index in [1.54, 1.807) is 18.5 Å². The summed E-state index contributed by atoms with van der Waals surface area (Å²) in [7, 11) is 0. The Labute approximate surface area is 287 Å². The lowest BCUT2D eigenvalue weighted by molar-refractivity contribution is -0.132. The number of pyridine rings is 1. The summed E-state index contributed by atoms with van der Waals surface area (Å²) in [5, 5.41) is 0.678. The van der Waals surface area contributed by atoms with Crippen LogP contribution in [0.15, 0.2) is 35.4 Å². The number of amides is 1. The maximum Gasteiger partial charge on any atom is 0.355 e. The highest BCUT2D eigenvalue weighted by molar-refractivity contribution is 6.34. The molecule has 4 aromatic rings. The van der Waals surface area contributed by atoms with Crippen LogP contribution in [-0.4, -0.2) is 91.7 Å². The number of hydrogen-bond acceptors (Lipinski definition) is 9. The number of fused-ring (bicyclic) bond motifs is 1. The van der Waals surface area contributed by atoms with Crippen LogP contribution < -0.4 is 16.3 Å². The largest absolute Gasteiger partial charge is 0.398 e. The number of alkyl halides is 1. The van der Waals surface area contributed by atoms with E-state index in [1.165, 1.54) is 16.7 Å². The molecule has 0 bridgehead atoms. The highest BCUT2D eigenvalue weighted by Crippen LogP contribution is 2.48. The third kappa shape index (κ3) is 6.01. The number of piperazine rings is 1. The number of rotatable bonds is 9. The molecular weight excluding hydrogens is 652 g/mol. The van der Waals surface area contributed by atoms with Crippen molar-refractivity contribution in [3.05, 3.63) is 63.3 Å². The molecule has 2 saturated heterocycles. The Bertz CT molecular complexity index is 1960. The number of likely N-dealkylation sites (tertiary alicyclic amines) is 1. The molecule has 1 atom stereocenters. The fourth-order valence-electron chi connectivity index (χ4n) is 7.24. The minimum atomic E-state index is -0.757. The predicted molar refractivity (Wildman–Crippen MR) is 183 cm³/mol. The molecule has 2 aliphatic carbocycles. The van der Waals surface area contributed by atoms with E-state index in [0.29, 0.717) is 69.0 Å². The smallest absolute Gasteiger partial charge is 0.355 e. The van der Waals surface area contributed by atoms with Crippen molar-refractivity contribution < 1.29 is 13.6 Å². The Morgan fingerprint density at radius 2 is 1.76 bits per heavy atom. The number of carbonyl (C=O) groups is 1. The lowest BCUT2D eigenvalue weighted by atomic mass is 10.1. The molecule has 8 rings (SSSR count). The number of nitrogen functional groups attached to an aromatic ring is 1. The number of anilines is 2. The van der Waals surface area contributed by atoms with Crippen LogP contribution in [0, 0.1) is 5.82 Å². The van der Waals surface area contributed by atoms with Crippen LogP contribution in [-0.2, 0) is 4.79 Å². The molecule has 1 aromatic carbocycles. The van der Waals surface area contributed by atoms with E-state index in [-0.39, 0.29) is 51.4 Å². The molecule has 4 fully saturated rings. The minimum Gasteiger partial charge on any atom is -0.398 e. The van der Waals surface area contributed by atoms with E-state index >= 15 is 4.39 Å². The van der Waals surface area contributed by atoms with Crippen LogP contribution >= 0.6 is 11.6 Å². The molecule has 0 spiro atoms. The normalized spacial score (nSPS) is 20.2. The summed E-state index contributed by atoms with van der Waals surface area (Å²) >= 11 is 6.89. The maximum atomic E-state index is 15.3. The van der Waals surface area contributed by atoms with Crippen molar-refractivity contribution in [1.82, 2.24) is 34.3 Å². The topological polar surface area (TPSA) is 126 Å². The van der Waals surface area contributed by atoms with Crippen LogP contribution in [0.4, 0.5) is 20.3 Å². The molecule has 4 aliphatic rings. The monoisotopic (exact) mass is 689 g/mol. The zero-order valence-corrected chi connectivity index (χ0v) is 28.0. The highest BCUT2D eigenvalue weighted by atomic mass is 35.5. The molecule has 14 heteroatoms. The van der Waals surface area contributed by atoms with E-state index in [9.17, 15) is 14.0 Å². The van der Waals surface area contributed by atoms with Gasteiger partial charge in [-0.3, -0.25) is 9.69 Å². The van der Waals surface area contributed by atoms with Gasteiger partial charge in [-0.2, -0.15) is 4.98 Å². The van der Waals surface area contributed by atoms with Crippen molar-refractivity contribution in [2.75, 3.05) is 49.9 Å². The van der Waals surface area contributed by atoms with E-state index in [1.807, 2.05) is 21.6 Å². The molecule has 2 aliphatic heterocycles. The first-order chi connectivity index (χ1) is 23.7. The van der Waals surface area contributed by atoms with Crippen LogP contribution in [0.3, 0.4) is 0 Å². The summed E-state index contributed by atoms with van der Waals surface area (Å²) in [4.78, 5) is 52.3. The van der Waals surface area contributed by atoms with Gasteiger partial charge in [0.25, 0.3) is 0 Å². The van der Waals surface area contributed by atoms with E-state index in [4.69, 9.17) is 22.3 Å². The first-order valence-electron chi connectivity index (χ1n) is 17.1. The second-order valence-electron chi connectivity index (χ2n) is 13.8. The predicted octanol–water partition coefficient (Wildman–Crippen LogP) is 4.84. The molecule has 256 valence electrons. The van der Waals surface area contributed by atoms with Crippen molar-refractivity contribution in [3.63, 3.8) is 0 Å². The average molecular weight is 690 g/mol. The number of nitrogens with two attached hydrogens (primary N) is 1. The molecule has 3 aromatic heterocycles. The quantitative estimate of drug-likeness (QED) is 0.246. The third-order valence-electron chi connectivity index (χ3n) is 10.1. The first-order valence-corrected chi connectivity index (χ1v) is 17.5. The van der Waals surface area contributed by atoms with E-state index in [2.05, 4.69) is 15.0 Å². The molecule has 0 unspecified atom stereocenters. The van der Waals surface area contributed by atoms with Crippen LogP contribution in [0.25, 0.3) is 28.0 Å². The summed E-state index contributed by atoms with van der Waals surface area (Å²) in [6, 6.07) is 5.90. The van der Waals surface area contributed by atoms with Crippen LogP contribution in [0.1, 0.15) is 68.7 Å². The second-order valence-corrected chi connectivity index (χ2v) is 14.2. The van der Waals surface area contributed by atoms with Gasteiger partial charge in [-0.05, 0) is 63.8 Å².